The molecular formula is C21H25NO4. The summed E-state index contributed by atoms with van der Waals surface area (Å²) in [5.74, 6) is 2.23. The van der Waals surface area contributed by atoms with Gasteiger partial charge < -0.3 is 19.1 Å². The summed E-state index contributed by atoms with van der Waals surface area (Å²) in [7, 11) is 3.28. The fourth-order valence-electron chi connectivity index (χ4n) is 3.42. The number of amides is 1. The smallest absolute Gasteiger partial charge is 0.261 e. The molecule has 0 bridgehead atoms. The number of rotatable bonds is 6. The minimum atomic E-state index is -0.0198. The molecule has 1 heterocycles. The Balaban J connectivity index is 1.74. The predicted octanol–water partition coefficient (Wildman–Crippen LogP) is 3.75. The highest BCUT2D eigenvalue weighted by molar-refractivity contribution is 5.78. The Labute approximate surface area is 154 Å². The maximum Gasteiger partial charge on any atom is 0.261 e. The summed E-state index contributed by atoms with van der Waals surface area (Å²) >= 11 is 0. The predicted molar refractivity (Wildman–Crippen MR) is 99.9 cm³/mol. The molecule has 0 unspecified atom stereocenters. The molecular weight excluding hydrogens is 330 g/mol. The molecule has 5 heteroatoms. The van der Waals surface area contributed by atoms with Gasteiger partial charge in [-0.05, 0) is 55.7 Å². The Morgan fingerprint density at radius 2 is 1.96 bits per heavy atom. The molecule has 0 N–H and O–H groups in total. The van der Waals surface area contributed by atoms with Crippen molar-refractivity contribution in [3.05, 3.63) is 53.6 Å². The van der Waals surface area contributed by atoms with Crippen LogP contribution in [0.3, 0.4) is 0 Å². The van der Waals surface area contributed by atoms with Crippen LogP contribution < -0.4 is 14.2 Å². The van der Waals surface area contributed by atoms with Crippen molar-refractivity contribution in [3.63, 3.8) is 0 Å². The number of likely N-dealkylation sites (tertiary alicyclic amines) is 1. The van der Waals surface area contributed by atoms with E-state index < -0.39 is 0 Å². The van der Waals surface area contributed by atoms with Gasteiger partial charge in [-0.2, -0.15) is 0 Å². The Morgan fingerprint density at radius 3 is 2.69 bits per heavy atom. The summed E-state index contributed by atoms with van der Waals surface area (Å²) in [5, 5.41) is 0. The van der Waals surface area contributed by atoms with E-state index in [-0.39, 0.29) is 18.6 Å². The minimum Gasteiger partial charge on any atom is -0.497 e. The maximum absolute atomic E-state index is 12.8. The minimum absolute atomic E-state index is 0.0149. The molecule has 0 aliphatic carbocycles. The molecule has 0 radical (unpaired) electrons. The molecule has 1 saturated heterocycles. The SMILES string of the molecule is COc1ccc(OC)c([C@H]2CCCN2C(=O)COc2cccc(C)c2)c1. The normalized spacial score (nSPS) is 16.4. The van der Waals surface area contributed by atoms with Crippen LogP contribution in [0.1, 0.15) is 30.0 Å². The van der Waals surface area contributed by atoms with Gasteiger partial charge in [0.2, 0.25) is 0 Å². The van der Waals surface area contributed by atoms with Gasteiger partial charge in [0, 0.05) is 12.1 Å². The lowest BCUT2D eigenvalue weighted by Gasteiger charge is -2.26. The van der Waals surface area contributed by atoms with Gasteiger partial charge in [-0.15, -0.1) is 0 Å². The fraction of sp³-hybridized carbons (Fsp3) is 0.381. The summed E-state index contributed by atoms with van der Waals surface area (Å²) < 4.78 is 16.5. The molecule has 1 amide bonds. The third-order valence-electron chi connectivity index (χ3n) is 4.72. The second-order valence-electron chi connectivity index (χ2n) is 6.46. The van der Waals surface area contributed by atoms with Crippen LogP contribution in [-0.4, -0.2) is 38.2 Å². The lowest BCUT2D eigenvalue weighted by molar-refractivity contribution is -0.134. The number of hydrogen-bond acceptors (Lipinski definition) is 4. The first-order valence-corrected chi connectivity index (χ1v) is 8.83. The molecule has 138 valence electrons. The summed E-state index contributed by atoms with van der Waals surface area (Å²) in [6.45, 7) is 2.76. The van der Waals surface area contributed by atoms with E-state index in [1.807, 2.05) is 54.3 Å². The Hall–Kier alpha value is -2.69. The second-order valence-corrected chi connectivity index (χ2v) is 6.46. The zero-order valence-corrected chi connectivity index (χ0v) is 15.5. The quantitative estimate of drug-likeness (QED) is 0.792. The van der Waals surface area contributed by atoms with Gasteiger partial charge in [0.1, 0.15) is 17.2 Å². The largest absolute Gasteiger partial charge is 0.497 e. The zero-order valence-electron chi connectivity index (χ0n) is 15.5. The number of carbonyl (C=O) groups excluding carboxylic acids is 1. The van der Waals surface area contributed by atoms with E-state index in [2.05, 4.69) is 0 Å². The fourth-order valence-corrected chi connectivity index (χ4v) is 3.42. The van der Waals surface area contributed by atoms with Crippen LogP contribution in [0.2, 0.25) is 0 Å². The molecule has 0 aromatic heterocycles. The van der Waals surface area contributed by atoms with Crippen molar-refractivity contribution in [1.29, 1.82) is 0 Å². The van der Waals surface area contributed by atoms with Crippen molar-refractivity contribution in [3.8, 4) is 17.2 Å². The van der Waals surface area contributed by atoms with Crippen LogP contribution in [0, 0.1) is 6.92 Å². The van der Waals surface area contributed by atoms with E-state index >= 15 is 0 Å². The molecule has 1 atom stereocenters. The van der Waals surface area contributed by atoms with E-state index in [0.717, 1.165) is 42.0 Å². The first kappa shape index (κ1) is 18.1. The third kappa shape index (κ3) is 3.93. The summed E-state index contributed by atoms with van der Waals surface area (Å²) in [6, 6.07) is 13.4. The molecule has 0 spiro atoms. The number of carbonyl (C=O) groups is 1. The highest BCUT2D eigenvalue weighted by atomic mass is 16.5. The standard InChI is InChI=1S/C21H25NO4/c1-15-6-4-7-17(12-15)26-14-21(23)22-11-5-8-19(22)18-13-16(24-2)9-10-20(18)25-3/h4,6-7,9-10,12-13,19H,5,8,11,14H2,1-3H3/t19-/m1/s1. The van der Waals surface area contributed by atoms with Gasteiger partial charge in [0.25, 0.3) is 5.91 Å². The van der Waals surface area contributed by atoms with Crippen molar-refractivity contribution >= 4 is 5.91 Å². The number of methoxy groups -OCH3 is 2. The van der Waals surface area contributed by atoms with Crippen molar-refractivity contribution in [2.75, 3.05) is 27.4 Å². The number of ether oxygens (including phenoxy) is 3. The number of nitrogens with zero attached hydrogens (tertiary/aromatic N) is 1. The van der Waals surface area contributed by atoms with Crippen LogP contribution in [0.5, 0.6) is 17.2 Å². The molecule has 1 aliphatic heterocycles. The van der Waals surface area contributed by atoms with E-state index in [1.54, 1.807) is 14.2 Å². The summed E-state index contributed by atoms with van der Waals surface area (Å²) in [5.41, 5.74) is 2.09. The molecule has 3 rings (SSSR count). The van der Waals surface area contributed by atoms with Crippen LogP contribution in [0.15, 0.2) is 42.5 Å². The Morgan fingerprint density at radius 1 is 1.12 bits per heavy atom. The summed E-state index contributed by atoms with van der Waals surface area (Å²) in [4.78, 5) is 14.7. The van der Waals surface area contributed by atoms with Gasteiger partial charge in [0.05, 0.1) is 20.3 Å². The van der Waals surface area contributed by atoms with Gasteiger partial charge >= 0.3 is 0 Å². The highest BCUT2D eigenvalue weighted by Crippen LogP contribution is 2.38. The van der Waals surface area contributed by atoms with Crippen molar-refractivity contribution in [1.82, 2.24) is 4.90 Å². The monoisotopic (exact) mass is 355 g/mol. The summed E-state index contributed by atoms with van der Waals surface area (Å²) in [6.07, 6.45) is 1.86. The molecule has 2 aromatic carbocycles. The van der Waals surface area contributed by atoms with Crippen molar-refractivity contribution in [2.45, 2.75) is 25.8 Å². The topological polar surface area (TPSA) is 48.0 Å². The third-order valence-corrected chi connectivity index (χ3v) is 4.72. The Kier molecular flexibility index (Phi) is 5.66. The van der Waals surface area contributed by atoms with Gasteiger partial charge in [0.15, 0.2) is 6.61 Å². The van der Waals surface area contributed by atoms with E-state index in [9.17, 15) is 4.79 Å². The average molecular weight is 355 g/mol. The molecule has 5 nitrogen and oxygen atoms in total. The molecule has 26 heavy (non-hydrogen) atoms. The highest BCUT2D eigenvalue weighted by Gasteiger charge is 2.32. The van der Waals surface area contributed by atoms with Crippen LogP contribution in [0.25, 0.3) is 0 Å². The van der Waals surface area contributed by atoms with Crippen molar-refractivity contribution in [2.24, 2.45) is 0 Å². The second kappa shape index (κ2) is 8.13. The molecule has 2 aromatic rings. The first-order valence-electron chi connectivity index (χ1n) is 8.83. The number of aryl methyl sites for hydroxylation is 1. The molecule has 1 aliphatic rings. The first-order chi connectivity index (χ1) is 12.6. The average Bonchev–Trinajstić information content (AvgIpc) is 3.15. The number of benzene rings is 2. The van der Waals surface area contributed by atoms with Gasteiger partial charge in [-0.3, -0.25) is 4.79 Å². The lowest BCUT2D eigenvalue weighted by Crippen LogP contribution is -2.34. The van der Waals surface area contributed by atoms with Crippen LogP contribution in [-0.2, 0) is 4.79 Å². The molecule has 0 saturated carbocycles. The van der Waals surface area contributed by atoms with E-state index in [4.69, 9.17) is 14.2 Å². The van der Waals surface area contributed by atoms with Gasteiger partial charge in [-0.1, -0.05) is 12.1 Å². The van der Waals surface area contributed by atoms with Gasteiger partial charge in [-0.25, -0.2) is 0 Å². The van der Waals surface area contributed by atoms with Crippen LogP contribution in [0.4, 0.5) is 0 Å². The van der Waals surface area contributed by atoms with E-state index in [1.165, 1.54) is 0 Å². The zero-order chi connectivity index (χ0) is 18.5. The number of hydrogen-bond donors (Lipinski definition) is 0. The molecule has 1 fully saturated rings. The van der Waals surface area contributed by atoms with Crippen molar-refractivity contribution < 1.29 is 19.0 Å². The maximum atomic E-state index is 12.8. The lowest BCUT2D eigenvalue weighted by atomic mass is 10.0. The van der Waals surface area contributed by atoms with Crippen LogP contribution >= 0.6 is 0 Å². The van der Waals surface area contributed by atoms with E-state index in [0.29, 0.717) is 5.75 Å². The Bertz CT molecular complexity index is 774.